The Morgan fingerprint density at radius 3 is 1.97 bits per heavy atom. The standard InChI is InChI=1S/C20H8F6O11P2/c21-7-1-5-10(3-9(7)27)34-11-4-12(36-39(32,33)37-38(29,30)31)8(22)2-6(11)20(5)14-13(19(28)35-20)15(23)17(25)18(26)16(14)24/h1-4,27H,(H,32,33)(H2,29,30,31). The number of phosphoric acid groups is 2. The molecule has 0 aliphatic carbocycles. The molecule has 2 aliphatic rings. The molecule has 2 aliphatic heterocycles. The number of phenolic OH excluding ortho intramolecular Hbond substituents is 1. The maximum Gasteiger partial charge on any atom is 0.536 e. The molecule has 2 heterocycles. The lowest BCUT2D eigenvalue weighted by Crippen LogP contribution is -2.34. The second kappa shape index (κ2) is 8.45. The van der Waals surface area contributed by atoms with Crippen molar-refractivity contribution in [2.75, 3.05) is 0 Å². The van der Waals surface area contributed by atoms with Crippen molar-refractivity contribution >= 4 is 21.6 Å². The smallest absolute Gasteiger partial charge is 0.505 e. The first-order chi connectivity index (χ1) is 18.0. The summed E-state index contributed by atoms with van der Waals surface area (Å²) < 4.78 is 129. The highest BCUT2D eigenvalue weighted by atomic mass is 31.3. The lowest BCUT2D eigenvalue weighted by molar-refractivity contribution is 0.0212. The molecule has 5 rings (SSSR count). The molecule has 0 bridgehead atoms. The molecule has 0 fully saturated rings. The number of carbonyl (C=O) groups is 1. The van der Waals surface area contributed by atoms with Crippen molar-refractivity contribution in [1.29, 1.82) is 0 Å². The predicted molar refractivity (Wildman–Crippen MR) is 110 cm³/mol. The minimum Gasteiger partial charge on any atom is -0.505 e. The Kier molecular flexibility index (Phi) is 5.85. The van der Waals surface area contributed by atoms with Crippen LogP contribution in [0.15, 0.2) is 24.3 Å². The minimum atomic E-state index is -5.74. The van der Waals surface area contributed by atoms with Gasteiger partial charge < -0.3 is 28.9 Å². The zero-order valence-electron chi connectivity index (χ0n) is 18.1. The van der Waals surface area contributed by atoms with Gasteiger partial charge in [-0.25, -0.2) is 40.3 Å². The normalized spacial score (nSPS) is 19.1. The van der Waals surface area contributed by atoms with Gasteiger partial charge in [-0.2, -0.15) is 4.31 Å². The Morgan fingerprint density at radius 1 is 0.795 bits per heavy atom. The topological polar surface area (TPSA) is 169 Å². The van der Waals surface area contributed by atoms with Crippen LogP contribution in [0, 0.1) is 34.9 Å². The van der Waals surface area contributed by atoms with Gasteiger partial charge in [0.2, 0.25) is 0 Å². The summed E-state index contributed by atoms with van der Waals surface area (Å²) in [6, 6.07) is 1.58. The SMILES string of the molecule is O=C1OC2(c3cc(F)c(O)cc3Oc3cc(OP(=O)(O)OP(=O)(O)O)c(F)cc32)c2c(F)c(F)c(F)c(F)c21. The number of ether oxygens (including phenoxy) is 2. The van der Waals surface area contributed by atoms with Gasteiger partial charge in [0.05, 0.1) is 16.7 Å². The summed E-state index contributed by atoms with van der Waals surface area (Å²) in [5.41, 5.74) is -7.44. The first kappa shape index (κ1) is 27.0. The first-order valence-corrected chi connectivity index (χ1v) is 12.9. The third-order valence-electron chi connectivity index (χ3n) is 5.55. The molecule has 2 atom stereocenters. The molecule has 3 aromatic carbocycles. The molecule has 0 saturated heterocycles. The van der Waals surface area contributed by atoms with E-state index in [1.807, 2.05) is 0 Å². The number of esters is 1. The summed E-state index contributed by atoms with van der Waals surface area (Å²) in [6.07, 6.45) is 0. The number of halogens is 6. The van der Waals surface area contributed by atoms with Crippen LogP contribution in [0.5, 0.6) is 23.0 Å². The van der Waals surface area contributed by atoms with E-state index in [2.05, 4.69) is 8.83 Å². The average Bonchev–Trinajstić information content (AvgIpc) is 3.11. The number of aromatic hydroxyl groups is 1. The molecular weight excluding hydrogens is 592 g/mol. The van der Waals surface area contributed by atoms with Gasteiger partial charge in [0, 0.05) is 12.1 Å². The number of phenols is 1. The fourth-order valence-electron chi connectivity index (χ4n) is 4.18. The van der Waals surface area contributed by atoms with Gasteiger partial charge >= 0.3 is 21.6 Å². The lowest BCUT2D eigenvalue weighted by Gasteiger charge is -2.36. The molecule has 0 saturated carbocycles. The van der Waals surface area contributed by atoms with E-state index in [1.165, 1.54) is 0 Å². The van der Waals surface area contributed by atoms with Gasteiger partial charge in [-0.1, -0.05) is 0 Å². The zero-order valence-corrected chi connectivity index (χ0v) is 19.9. The number of fused-ring (bicyclic) bond motifs is 6. The number of hydrogen-bond acceptors (Lipinski definition) is 8. The van der Waals surface area contributed by atoms with Crippen LogP contribution in [0.2, 0.25) is 0 Å². The van der Waals surface area contributed by atoms with E-state index in [4.69, 9.17) is 19.3 Å². The largest absolute Gasteiger partial charge is 0.536 e. The third kappa shape index (κ3) is 4.06. The average molecular weight is 600 g/mol. The van der Waals surface area contributed by atoms with Crippen LogP contribution in [0.3, 0.4) is 0 Å². The van der Waals surface area contributed by atoms with Crippen molar-refractivity contribution in [3.05, 3.63) is 81.4 Å². The van der Waals surface area contributed by atoms with Crippen molar-refractivity contribution in [3.63, 3.8) is 0 Å². The van der Waals surface area contributed by atoms with Crippen molar-refractivity contribution in [2.24, 2.45) is 0 Å². The first-order valence-electron chi connectivity index (χ1n) is 9.90. The minimum absolute atomic E-state index is 0.261. The Bertz CT molecular complexity index is 1730. The van der Waals surface area contributed by atoms with E-state index in [0.717, 1.165) is 0 Å². The molecular formula is C20H8F6O11P2. The second-order valence-electron chi connectivity index (χ2n) is 7.89. The number of hydrogen-bond donors (Lipinski definition) is 4. The van der Waals surface area contributed by atoms with Crippen LogP contribution >= 0.6 is 15.6 Å². The Hall–Kier alpha value is -3.59. The molecule has 0 radical (unpaired) electrons. The van der Waals surface area contributed by atoms with E-state index in [0.29, 0.717) is 18.2 Å². The molecule has 0 amide bonds. The van der Waals surface area contributed by atoms with Gasteiger partial charge in [0.25, 0.3) is 0 Å². The van der Waals surface area contributed by atoms with Crippen LogP contribution in [0.25, 0.3) is 0 Å². The van der Waals surface area contributed by atoms with Gasteiger partial charge in [-0.15, -0.1) is 0 Å². The Balaban J connectivity index is 1.82. The number of rotatable bonds is 4. The molecule has 0 aromatic heterocycles. The summed E-state index contributed by atoms with van der Waals surface area (Å²) >= 11 is 0. The fraction of sp³-hybridized carbons (Fsp3) is 0.0500. The van der Waals surface area contributed by atoms with Crippen molar-refractivity contribution in [3.8, 4) is 23.0 Å². The summed E-state index contributed by atoms with van der Waals surface area (Å²) in [4.78, 5) is 39.6. The quantitative estimate of drug-likeness (QED) is 0.110. The van der Waals surface area contributed by atoms with Gasteiger partial charge in [-0.3, -0.25) is 4.89 Å². The van der Waals surface area contributed by atoms with Crippen LogP contribution in [-0.2, 0) is 23.8 Å². The predicted octanol–water partition coefficient (Wildman–Crippen LogP) is 4.38. The summed E-state index contributed by atoms with van der Waals surface area (Å²) in [6.45, 7) is 0. The van der Waals surface area contributed by atoms with E-state index >= 15 is 8.78 Å². The van der Waals surface area contributed by atoms with Crippen LogP contribution in [0.1, 0.15) is 27.0 Å². The number of phosphoric ester groups is 1. The summed E-state index contributed by atoms with van der Waals surface area (Å²) in [5.74, 6) is -18.1. The highest BCUT2D eigenvalue weighted by Crippen LogP contribution is 2.61. The number of benzene rings is 3. The molecule has 206 valence electrons. The van der Waals surface area contributed by atoms with Crippen molar-refractivity contribution < 1.29 is 78.4 Å². The maximum atomic E-state index is 15.2. The fourth-order valence-corrected chi connectivity index (χ4v) is 5.78. The van der Waals surface area contributed by atoms with Crippen molar-refractivity contribution in [2.45, 2.75) is 5.60 Å². The maximum absolute atomic E-state index is 15.2. The van der Waals surface area contributed by atoms with Gasteiger partial charge in [0.15, 0.2) is 52.0 Å². The Labute approximate surface area is 210 Å². The van der Waals surface area contributed by atoms with Crippen LogP contribution < -0.4 is 9.26 Å². The molecule has 39 heavy (non-hydrogen) atoms. The molecule has 11 nitrogen and oxygen atoms in total. The Morgan fingerprint density at radius 2 is 1.36 bits per heavy atom. The highest BCUT2D eigenvalue weighted by molar-refractivity contribution is 7.60. The zero-order chi connectivity index (χ0) is 28.8. The van der Waals surface area contributed by atoms with E-state index in [-0.39, 0.29) is 6.07 Å². The molecule has 2 unspecified atom stereocenters. The molecule has 3 aromatic rings. The monoisotopic (exact) mass is 600 g/mol. The lowest BCUT2D eigenvalue weighted by atomic mass is 9.77. The molecule has 19 heteroatoms. The highest BCUT2D eigenvalue weighted by Gasteiger charge is 2.58. The van der Waals surface area contributed by atoms with E-state index in [9.17, 15) is 41.5 Å². The molecule has 1 spiro atoms. The molecule has 4 N–H and O–H groups in total. The third-order valence-corrected chi connectivity index (χ3v) is 7.66. The summed E-state index contributed by atoms with van der Waals surface area (Å²) in [5, 5.41) is 9.79. The van der Waals surface area contributed by atoms with Gasteiger partial charge in [-0.05, 0) is 12.1 Å². The van der Waals surface area contributed by atoms with Crippen LogP contribution in [0.4, 0.5) is 26.3 Å². The second-order valence-corrected chi connectivity index (χ2v) is 10.6. The van der Waals surface area contributed by atoms with Crippen LogP contribution in [-0.4, -0.2) is 25.8 Å². The summed E-state index contributed by atoms with van der Waals surface area (Å²) in [7, 11) is -11.4. The van der Waals surface area contributed by atoms with E-state index in [1.54, 1.807) is 0 Å². The number of carbonyl (C=O) groups excluding carboxylic acids is 1. The van der Waals surface area contributed by atoms with Gasteiger partial charge in [0.1, 0.15) is 17.1 Å². The van der Waals surface area contributed by atoms with E-state index < -0.39 is 107 Å². The van der Waals surface area contributed by atoms with Crippen molar-refractivity contribution in [1.82, 2.24) is 0 Å².